The molecule has 2 atom stereocenters. The van der Waals surface area contributed by atoms with Crippen molar-refractivity contribution in [3.05, 3.63) is 83.9 Å². The van der Waals surface area contributed by atoms with Gasteiger partial charge in [0, 0.05) is 0 Å². The third-order valence-electron chi connectivity index (χ3n) is 4.81. The molecule has 0 aromatic heterocycles. The average Bonchev–Trinajstić information content (AvgIpc) is 2.83. The molecule has 7 heteroatoms. The van der Waals surface area contributed by atoms with E-state index < -0.39 is 18.1 Å². The minimum atomic E-state index is -0.903. The summed E-state index contributed by atoms with van der Waals surface area (Å²) in [6, 6.07) is 22.1. The topological polar surface area (TPSA) is 78.4 Å². The number of rotatable bonds is 6. The minimum Gasteiger partial charge on any atom is -0.493 e. The fourth-order valence-electron chi connectivity index (χ4n) is 3.29. The largest absolute Gasteiger partial charge is 0.493 e. The zero-order valence-corrected chi connectivity index (χ0v) is 17.1. The molecule has 1 amide bonds. The Kier molecular flexibility index (Phi) is 6.03. The molecule has 0 saturated heterocycles. The maximum atomic E-state index is 12.9. The second-order valence-corrected chi connectivity index (χ2v) is 6.78. The van der Waals surface area contributed by atoms with Gasteiger partial charge in [-0.2, -0.15) is 5.10 Å². The van der Waals surface area contributed by atoms with Crippen LogP contribution in [0.3, 0.4) is 0 Å². The first-order chi connectivity index (χ1) is 15.2. The molecule has 1 N–H and O–H groups in total. The quantitative estimate of drug-likeness (QED) is 0.487. The normalized spacial score (nSPS) is 17.2. The summed E-state index contributed by atoms with van der Waals surface area (Å²) in [4.78, 5) is 12.9. The van der Waals surface area contributed by atoms with Crippen LogP contribution in [0.2, 0.25) is 0 Å². The molecule has 0 unspecified atom stereocenters. The number of methoxy groups -OCH3 is 2. The number of benzene rings is 3. The van der Waals surface area contributed by atoms with Crippen LogP contribution < -0.4 is 24.4 Å². The van der Waals surface area contributed by atoms with Gasteiger partial charge in [0.25, 0.3) is 5.91 Å². The molecular formula is C24H22N2O5. The van der Waals surface area contributed by atoms with Gasteiger partial charge in [0.15, 0.2) is 29.1 Å². The van der Waals surface area contributed by atoms with Crippen LogP contribution in [0.1, 0.15) is 17.2 Å². The van der Waals surface area contributed by atoms with Crippen LogP contribution in [0.4, 0.5) is 0 Å². The summed E-state index contributed by atoms with van der Waals surface area (Å²) in [7, 11) is 3.13. The number of hydrazone groups is 1. The molecule has 3 aromatic carbocycles. The molecule has 1 aliphatic heterocycles. The van der Waals surface area contributed by atoms with Crippen LogP contribution >= 0.6 is 0 Å². The molecule has 0 aliphatic carbocycles. The maximum Gasteiger partial charge on any atom is 0.285 e. The van der Waals surface area contributed by atoms with E-state index in [0.29, 0.717) is 23.0 Å². The molecule has 1 heterocycles. The van der Waals surface area contributed by atoms with E-state index in [4.69, 9.17) is 18.9 Å². The molecule has 0 radical (unpaired) electrons. The van der Waals surface area contributed by atoms with Gasteiger partial charge in [-0.1, -0.05) is 42.5 Å². The van der Waals surface area contributed by atoms with Crippen molar-refractivity contribution in [1.82, 2.24) is 5.43 Å². The molecule has 0 saturated carbocycles. The second kappa shape index (κ2) is 9.21. The molecule has 7 nitrogen and oxygen atoms in total. The van der Waals surface area contributed by atoms with Gasteiger partial charge in [-0.05, 0) is 41.5 Å². The summed E-state index contributed by atoms with van der Waals surface area (Å²) in [6.45, 7) is 0. The predicted octanol–water partition coefficient (Wildman–Crippen LogP) is 3.74. The lowest BCUT2D eigenvalue weighted by Gasteiger charge is -2.32. The van der Waals surface area contributed by atoms with Crippen molar-refractivity contribution < 1.29 is 23.7 Å². The highest BCUT2D eigenvalue weighted by Crippen LogP contribution is 2.39. The summed E-state index contributed by atoms with van der Waals surface area (Å²) in [5, 5.41) is 4.08. The van der Waals surface area contributed by atoms with E-state index in [1.54, 1.807) is 38.5 Å². The number of carbonyl (C=O) groups is 1. The lowest BCUT2D eigenvalue weighted by molar-refractivity contribution is -0.134. The standard InChI is InChI=1S/C24H22N2O5/c1-28-18-13-12-16(14-21(18)29-2)15-25-26-24(27)23-22(17-8-4-3-5-9-17)30-19-10-6-7-11-20(19)31-23/h3-15,22-23H,1-2H3,(H,26,27)/b25-15-/t22-,23+/m1/s1. The highest BCUT2D eigenvalue weighted by atomic mass is 16.6. The second-order valence-electron chi connectivity index (χ2n) is 6.78. The molecule has 0 bridgehead atoms. The molecule has 0 spiro atoms. The number of carbonyl (C=O) groups excluding carboxylic acids is 1. The summed E-state index contributed by atoms with van der Waals surface area (Å²) in [5.41, 5.74) is 4.12. The predicted molar refractivity (Wildman–Crippen MR) is 116 cm³/mol. The molecule has 158 valence electrons. The van der Waals surface area contributed by atoms with Crippen molar-refractivity contribution in [2.24, 2.45) is 5.10 Å². The molecule has 0 fully saturated rings. The van der Waals surface area contributed by atoms with Crippen LogP contribution in [0.5, 0.6) is 23.0 Å². The van der Waals surface area contributed by atoms with Crippen molar-refractivity contribution in [3.8, 4) is 23.0 Å². The molecule has 1 aliphatic rings. The number of hydrogen-bond acceptors (Lipinski definition) is 6. The van der Waals surface area contributed by atoms with Crippen LogP contribution in [0.15, 0.2) is 77.9 Å². The van der Waals surface area contributed by atoms with Gasteiger partial charge >= 0.3 is 0 Å². The summed E-state index contributed by atoms with van der Waals surface area (Å²) >= 11 is 0. The molecular weight excluding hydrogens is 396 g/mol. The highest BCUT2D eigenvalue weighted by molar-refractivity contribution is 5.86. The summed E-state index contributed by atoms with van der Waals surface area (Å²) in [6.07, 6.45) is 0.0156. The van der Waals surface area contributed by atoms with Crippen molar-refractivity contribution >= 4 is 12.1 Å². The number of hydrogen-bond donors (Lipinski definition) is 1. The Balaban J connectivity index is 1.52. The van der Waals surface area contributed by atoms with E-state index in [1.165, 1.54) is 6.21 Å². The van der Waals surface area contributed by atoms with E-state index in [-0.39, 0.29) is 0 Å². The maximum absolute atomic E-state index is 12.9. The Morgan fingerprint density at radius 3 is 2.29 bits per heavy atom. The van der Waals surface area contributed by atoms with Gasteiger partial charge in [0.1, 0.15) is 0 Å². The van der Waals surface area contributed by atoms with Crippen molar-refractivity contribution in [1.29, 1.82) is 0 Å². The smallest absolute Gasteiger partial charge is 0.285 e. The number of para-hydroxylation sites is 2. The Morgan fingerprint density at radius 1 is 0.903 bits per heavy atom. The van der Waals surface area contributed by atoms with Gasteiger partial charge in [0.2, 0.25) is 6.10 Å². The number of nitrogens with zero attached hydrogens (tertiary/aromatic N) is 1. The first-order valence-electron chi connectivity index (χ1n) is 9.72. The summed E-state index contributed by atoms with van der Waals surface area (Å²) in [5.74, 6) is 1.87. The van der Waals surface area contributed by atoms with Gasteiger partial charge < -0.3 is 18.9 Å². The lowest BCUT2D eigenvalue weighted by atomic mass is 10.0. The SMILES string of the molecule is COc1ccc(/C=N\NC(=O)[C@H]2Oc3ccccc3O[C@@H]2c2ccccc2)cc1OC. The number of nitrogens with one attached hydrogen (secondary N) is 1. The monoisotopic (exact) mass is 418 g/mol. The van der Waals surface area contributed by atoms with Gasteiger partial charge in [-0.3, -0.25) is 4.79 Å². The van der Waals surface area contributed by atoms with Crippen molar-refractivity contribution in [2.45, 2.75) is 12.2 Å². The molecule has 3 aromatic rings. The van der Waals surface area contributed by atoms with Crippen LogP contribution in [0, 0.1) is 0 Å². The molecule has 31 heavy (non-hydrogen) atoms. The van der Waals surface area contributed by atoms with E-state index in [0.717, 1.165) is 11.1 Å². The minimum absolute atomic E-state index is 0.417. The zero-order valence-electron chi connectivity index (χ0n) is 17.1. The van der Waals surface area contributed by atoms with Crippen LogP contribution in [-0.4, -0.2) is 32.4 Å². The van der Waals surface area contributed by atoms with E-state index in [1.807, 2.05) is 48.5 Å². The third kappa shape index (κ3) is 4.45. The van der Waals surface area contributed by atoms with Crippen molar-refractivity contribution in [3.63, 3.8) is 0 Å². The fourth-order valence-corrected chi connectivity index (χ4v) is 3.29. The number of amides is 1. The highest BCUT2D eigenvalue weighted by Gasteiger charge is 2.38. The van der Waals surface area contributed by atoms with E-state index in [2.05, 4.69) is 10.5 Å². The Morgan fingerprint density at radius 2 is 1.58 bits per heavy atom. The fraction of sp³-hybridized carbons (Fsp3) is 0.167. The Labute approximate surface area is 180 Å². The van der Waals surface area contributed by atoms with Crippen LogP contribution in [-0.2, 0) is 4.79 Å². The van der Waals surface area contributed by atoms with E-state index >= 15 is 0 Å². The van der Waals surface area contributed by atoms with Gasteiger partial charge in [-0.15, -0.1) is 0 Å². The first kappa shape index (κ1) is 20.3. The van der Waals surface area contributed by atoms with Gasteiger partial charge in [0.05, 0.1) is 20.4 Å². The van der Waals surface area contributed by atoms with Gasteiger partial charge in [-0.25, -0.2) is 5.43 Å². The number of ether oxygens (including phenoxy) is 4. The van der Waals surface area contributed by atoms with E-state index in [9.17, 15) is 4.79 Å². The summed E-state index contributed by atoms with van der Waals surface area (Å²) < 4.78 is 22.6. The molecule has 4 rings (SSSR count). The van der Waals surface area contributed by atoms with Crippen LogP contribution in [0.25, 0.3) is 0 Å². The number of fused-ring (bicyclic) bond motifs is 1. The Bertz CT molecular complexity index is 1080. The van der Waals surface area contributed by atoms with Crippen molar-refractivity contribution in [2.75, 3.05) is 14.2 Å². The average molecular weight is 418 g/mol. The zero-order chi connectivity index (χ0) is 21.6. The first-order valence-corrected chi connectivity index (χ1v) is 9.72. The Hall–Kier alpha value is -4.00. The lowest BCUT2D eigenvalue weighted by Crippen LogP contribution is -2.44. The third-order valence-corrected chi connectivity index (χ3v) is 4.81.